The van der Waals surface area contributed by atoms with E-state index in [1.807, 2.05) is 7.05 Å². The van der Waals surface area contributed by atoms with E-state index in [1.54, 1.807) is 0 Å². The Morgan fingerprint density at radius 3 is 2.75 bits per heavy atom. The van der Waals surface area contributed by atoms with E-state index in [-0.39, 0.29) is 0 Å². The first kappa shape index (κ1) is 20.9. The van der Waals surface area contributed by atoms with Crippen LogP contribution in [0.1, 0.15) is 37.7 Å². The second-order valence-electron chi connectivity index (χ2n) is 7.97. The quantitative estimate of drug-likeness (QED) is 0.600. The summed E-state index contributed by atoms with van der Waals surface area (Å²) in [6.45, 7) is 4.39. The van der Waals surface area contributed by atoms with Crippen molar-refractivity contribution in [3.8, 4) is 0 Å². The average Bonchev–Trinajstić information content (AvgIpc) is 2.74. The number of likely N-dealkylation sites (tertiary alicyclic amines) is 1. The maximum Gasteiger partial charge on any atom is 0.193 e. The zero-order valence-corrected chi connectivity index (χ0v) is 17.7. The topological polar surface area (TPSA) is 49.3 Å². The van der Waals surface area contributed by atoms with E-state index in [0.717, 1.165) is 58.1 Å². The SMILES string of the molecule is CN=C(NCc1cccc(N(C)C)c1)N1CCC(OCC2CCCCO2)CC1. The van der Waals surface area contributed by atoms with Gasteiger partial charge in [0.15, 0.2) is 5.96 Å². The van der Waals surface area contributed by atoms with E-state index in [9.17, 15) is 0 Å². The zero-order chi connectivity index (χ0) is 19.8. The molecule has 2 aliphatic heterocycles. The highest BCUT2D eigenvalue weighted by molar-refractivity contribution is 5.80. The fourth-order valence-corrected chi connectivity index (χ4v) is 3.87. The molecule has 1 N–H and O–H groups in total. The Morgan fingerprint density at radius 1 is 1.25 bits per heavy atom. The minimum Gasteiger partial charge on any atom is -0.378 e. The third-order valence-electron chi connectivity index (χ3n) is 5.62. The molecule has 1 unspecified atom stereocenters. The third-order valence-corrected chi connectivity index (χ3v) is 5.62. The van der Waals surface area contributed by atoms with Crippen LogP contribution in [-0.2, 0) is 16.0 Å². The number of hydrogen-bond donors (Lipinski definition) is 1. The first-order valence-electron chi connectivity index (χ1n) is 10.6. The summed E-state index contributed by atoms with van der Waals surface area (Å²) in [7, 11) is 6.00. The number of ether oxygens (including phenoxy) is 2. The molecule has 0 saturated carbocycles. The van der Waals surface area contributed by atoms with E-state index in [0.29, 0.717) is 12.2 Å². The van der Waals surface area contributed by atoms with Gasteiger partial charge in [-0.1, -0.05) is 12.1 Å². The third kappa shape index (κ3) is 6.11. The van der Waals surface area contributed by atoms with E-state index in [2.05, 4.69) is 58.5 Å². The molecule has 2 saturated heterocycles. The predicted molar refractivity (Wildman–Crippen MR) is 115 cm³/mol. The van der Waals surface area contributed by atoms with Crippen LogP contribution in [0.15, 0.2) is 29.3 Å². The molecule has 0 bridgehead atoms. The molecular weight excluding hydrogens is 352 g/mol. The summed E-state index contributed by atoms with van der Waals surface area (Å²) in [6, 6.07) is 8.60. The van der Waals surface area contributed by atoms with Crippen molar-refractivity contribution in [1.82, 2.24) is 10.2 Å². The van der Waals surface area contributed by atoms with Gasteiger partial charge in [0, 0.05) is 53.1 Å². The molecule has 6 heteroatoms. The highest BCUT2D eigenvalue weighted by Gasteiger charge is 2.23. The molecule has 2 heterocycles. The summed E-state index contributed by atoms with van der Waals surface area (Å²) in [5.74, 6) is 0.976. The summed E-state index contributed by atoms with van der Waals surface area (Å²) in [6.07, 6.45) is 6.35. The molecule has 0 aliphatic carbocycles. The van der Waals surface area contributed by atoms with E-state index in [1.165, 1.54) is 24.1 Å². The fourth-order valence-electron chi connectivity index (χ4n) is 3.87. The van der Waals surface area contributed by atoms with Gasteiger partial charge in [-0.3, -0.25) is 4.99 Å². The molecule has 6 nitrogen and oxygen atoms in total. The number of rotatable bonds is 6. The lowest BCUT2D eigenvalue weighted by atomic mass is 10.1. The minimum absolute atomic E-state index is 0.305. The maximum atomic E-state index is 6.13. The number of anilines is 1. The number of nitrogens with one attached hydrogen (secondary N) is 1. The molecular formula is C22H36N4O2. The molecule has 0 amide bonds. The van der Waals surface area contributed by atoms with Crippen LogP contribution in [0.3, 0.4) is 0 Å². The number of hydrogen-bond acceptors (Lipinski definition) is 4. The minimum atomic E-state index is 0.305. The number of guanidine groups is 1. The largest absolute Gasteiger partial charge is 0.378 e. The van der Waals surface area contributed by atoms with Crippen molar-refractivity contribution in [3.05, 3.63) is 29.8 Å². The van der Waals surface area contributed by atoms with Crippen LogP contribution in [0, 0.1) is 0 Å². The lowest BCUT2D eigenvalue weighted by Gasteiger charge is -2.35. The van der Waals surface area contributed by atoms with Crippen LogP contribution < -0.4 is 10.2 Å². The van der Waals surface area contributed by atoms with Crippen LogP contribution in [-0.4, -0.2) is 70.5 Å². The summed E-state index contributed by atoms with van der Waals surface area (Å²) in [5.41, 5.74) is 2.48. The Balaban J connectivity index is 1.41. The van der Waals surface area contributed by atoms with Crippen molar-refractivity contribution in [2.75, 3.05) is 52.3 Å². The van der Waals surface area contributed by atoms with Gasteiger partial charge in [0.2, 0.25) is 0 Å². The number of nitrogens with zero attached hydrogens (tertiary/aromatic N) is 3. The molecule has 28 heavy (non-hydrogen) atoms. The van der Waals surface area contributed by atoms with Gasteiger partial charge in [0.25, 0.3) is 0 Å². The van der Waals surface area contributed by atoms with Gasteiger partial charge in [-0.2, -0.15) is 0 Å². The van der Waals surface area contributed by atoms with E-state index < -0.39 is 0 Å². The summed E-state index contributed by atoms with van der Waals surface area (Å²) < 4.78 is 11.9. The molecule has 156 valence electrons. The van der Waals surface area contributed by atoms with Crippen LogP contribution in [0.2, 0.25) is 0 Å². The molecule has 2 aliphatic rings. The highest BCUT2D eigenvalue weighted by Crippen LogP contribution is 2.18. The standard InChI is InChI=1S/C22H36N4O2/c1-23-22(24-16-18-7-6-8-19(15-18)25(2)3)26-12-10-20(11-13-26)28-17-21-9-4-5-14-27-21/h6-8,15,20-21H,4-5,9-14,16-17H2,1-3H3,(H,23,24). The van der Waals surface area contributed by atoms with Gasteiger partial charge in [0.1, 0.15) is 0 Å². The maximum absolute atomic E-state index is 6.13. The van der Waals surface area contributed by atoms with Crippen molar-refractivity contribution < 1.29 is 9.47 Å². The van der Waals surface area contributed by atoms with Crippen LogP contribution in [0.4, 0.5) is 5.69 Å². The molecule has 2 fully saturated rings. The summed E-state index contributed by atoms with van der Waals surface area (Å²) >= 11 is 0. The Kier molecular flexibility index (Phi) is 7.98. The Morgan fingerprint density at radius 2 is 2.07 bits per heavy atom. The zero-order valence-electron chi connectivity index (χ0n) is 17.7. The normalized spacial score (nSPS) is 21.6. The smallest absolute Gasteiger partial charge is 0.193 e. The van der Waals surface area contributed by atoms with Crippen LogP contribution >= 0.6 is 0 Å². The Hall–Kier alpha value is -1.79. The van der Waals surface area contributed by atoms with E-state index in [4.69, 9.17) is 9.47 Å². The van der Waals surface area contributed by atoms with E-state index >= 15 is 0 Å². The molecule has 0 spiro atoms. The monoisotopic (exact) mass is 388 g/mol. The van der Waals surface area contributed by atoms with Gasteiger partial charge in [-0.15, -0.1) is 0 Å². The lowest BCUT2D eigenvalue weighted by Crippen LogP contribution is -2.47. The van der Waals surface area contributed by atoms with Crippen molar-refractivity contribution in [1.29, 1.82) is 0 Å². The Bertz CT molecular complexity index is 621. The number of benzene rings is 1. The summed E-state index contributed by atoms with van der Waals surface area (Å²) in [4.78, 5) is 8.96. The van der Waals surface area contributed by atoms with Crippen LogP contribution in [0.25, 0.3) is 0 Å². The molecule has 0 aromatic heterocycles. The Labute approximate surface area is 169 Å². The highest BCUT2D eigenvalue weighted by atomic mass is 16.5. The average molecular weight is 389 g/mol. The second kappa shape index (κ2) is 10.7. The van der Waals surface area contributed by atoms with Crippen molar-refractivity contribution in [2.45, 2.75) is 50.9 Å². The van der Waals surface area contributed by atoms with Gasteiger partial charge < -0.3 is 24.6 Å². The number of aliphatic imine (C=N–C) groups is 1. The van der Waals surface area contributed by atoms with Gasteiger partial charge in [-0.05, 0) is 49.8 Å². The molecule has 1 aromatic rings. The molecule has 1 aromatic carbocycles. The van der Waals surface area contributed by atoms with Crippen molar-refractivity contribution in [2.24, 2.45) is 4.99 Å². The lowest BCUT2D eigenvalue weighted by molar-refractivity contribution is -0.0721. The fraction of sp³-hybridized carbons (Fsp3) is 0.682. The first-order chi connectivity index (χ1) is 13.7. The van der Waals surface area contributed by atoms with Crippen LogP contribution in [0.5, 0.6) is 0 Å². The van der Waals surface area contributed by atoms with Crippen molar-refractivity contribution in [3.63, 3.8) is 0 Å². The first-order valence-corrected chi connectivity index (χ1v) is 10.6. The molecule has 0 radical (unpaired) electrons. The molecule has 1 atom stereocenters. The number of piperidine rings is 1. The van der Waals surface area contributed by atoms with Gasteiger partial charge in [0.05, 0.1) is 18.8 Å². The van der Waals surface area contributed by atoms with Gasteiger partial charge in [-0.25, -0.2) is 0 Å². The second-order valence-corrected chi connectivity index (χ2v) is 7.97. The summed E-state index contributed by atoms with van der Waals surface area (Å²) in [5, 5.41) is 3.52. The van der Waals surface area contributed by atoms with Gasteiger partial charge >= 0.3 is 0 Å². The van der Waals surface area contributed by atoms with Crippen molar-refractivity contribution >= 4 is 11.6 Å². The molecule has 3 rings (SSSR count). The predicted octanol–water partition coefficient (Wildman–Crippen LogP) is 2.88.